The molecule has 0 saturated carbocycles. The van der Waals surface area contributed by atoms with E-state index in [0.717, 1.165) is 34.8 Å². The average Bonchev–Trinajstić information content (AvgIpc) is 2.90. The third-order valence-corrected chi connectivity index (χ3v) is 7.14. The highest BCUT2D eigenvalue weighted by Crippen LogP contribution is 2.46. The number of aromatic carboxylic acids is 2. The summed E-state index contributed by atoms with van der Waals surface area (Å²) in [6.45, 7) is 8.34. The van der Waals surface area contributed by atoms with Gasteiger partial charge in [-0.3, -0.25) is 14.9 Å². The van der Waals surface area contributed by atoms with E-state index >= 15 is 0 Å². The molecule has 1 heterocycles. The van der Waals surface area contributed by atoms with Crippen LogP contribution in [-0.2, 0) is 6.42 Å². The molecule has 4 N–H and O–H groups in total. The number of carbonyl (C=O) groups is 4. The zero-order valence-corrected chi connectivity index (χ0v) is 21.2. The molecule has 5 aromatic rings. The van der Waals surface area contributed by atoms with Crippen LogP contribution in [0.3, 0.4) is 0 Å². The van der Waals surface area contributed by atoms with Crippen molar-refractivity contribution in [2.75, 3.05) is 13.1 Å². The van der Waals surface area contributed by atoms with Crippen LogP contribution in [0.25, 0.3) is 43.1 Å². The van der Waals surface area contributed by atoms with Crippen molar-refractivity contribution in [2.45, 2.75) is 27.2 Å². The van der Waals surface area contributed by atoms with E-state index in [4.69, 9.17) is 0 Å². The molecule has 5 aromatic carbocycles. The molecule has 0 saturated heterocycles. The van der Waals surface area contributed by atoms with Crippen molar-refractivity contribution in [2.24, 2.45) is 0 Å². The number of benzene rings is 5. The van der Waals surface area contributed by atoms with Crippen LogP contribution in [0.2, 0.25) is 0 Å². The van der Waals surface area contributed by atoms with Crippen LogP contribution in [0.15, 0.2) is 42.5 Å². The van der Waals surface area contributed by atoms with Crippen molar-refractivity contribution >= 4 is 66.8 Å². The van der Waals surface area contributed by atoms with Gasteiger partial charge in [0.1, 0.15) is 0 Å². The lowest BCUT2D eigenvalue weighted by Crippen LogP contribution is -2.34. The van der Waals surface area contributed by atoms with Crippen LogP contribution < -0.4 is 10.6 Å². The van der Waals surface area contributed by atoms with E-state index < -0.39 is 23.8 Å². The van der Waals surface area contributed by atoms with Crippen LogP contribution in [0.4, 0.5) is 0 Å². The third kappa shape index (κ3) is 3.56. The summed E-state index contributed by atoms with van der Waals surface area (Å²) in [5, 5.41) is 30.1. The van der Waals surface area contributed by atoms with Gasteiger partial charge in [-0.15, -0.1) is 0 Å². The Morgan fingerprint density at radius 1 is 0.684 bits per heavy atom. The van der Waals surface area contributed by atoms with Crippen molar-refractivity contribution < 1.29 is 29.4 Å². The molecular formula is C30H26N2O6. The number of nitrogens with one attached hydrogen (secondary N) is 2. The van der Waals surface area contributed by atoms with E-state index in [9.17, 15) is 29.4 Å². The maximum absolute atomic E-state index is 12.7. The highest BCUT2D eigenvalue weighted by atomic mass is 16.4. The van der Waals surface area contributed by atoms with Gasteiger partial charge in [-0.1, -0.05) is 39.0 Å². The largest absolute Gasteiger partial charge is 0.478 e. The number of rotatable bonds is 5. The maximum Gasteiger partial charge on any atom is 0.336 e. The van der Waals surface area contributed by atoms with Crippen molar-refractivity contribution in [1.82, 2.24) is 10.6 Å². The third-order valence-electron chi connectivity index (χ3n) is 7.14. The summed E-state index contributed by atoms with van der Waals surface area (Å²) in [5.74, 6) is -3.35. The minimum Gasteiger partial charge on any atom is -0.478 e. The summed E-state index contributed by atoms with van der Waals surface area (Å²) in [4.78, 5) is 49.3. The van der Waals surface area contributed by atoms with Gasteiger partial charge in [-0.25, -0.2) is 9.59 Å². The predicted molar refractivity (Wildman–Crippen MR) is 147 cm³/mol. The van der Waals surface area contributed by atoms with Gasteiger partial charge in [0.05, 0.1) is 11.1 Å². The predicted octanol–water partition coefficient (Wildman–Crippen LogP) is 5.20. The molecule has 2 amide bonds. The molecular weight excluding hydrogens is 484 g/mol. The van der Waals surface area contributed by atoms with Crippen LogP contribution in [0.5, 0.6) is 0 Å². The van der Waals surface area contributed by atoms with Gasteiger partial charge in [-0.05, 0) is 81.7 Å². The number of fused-ring (bicyclic) bond motifs is 2. The van der Waals surface area contributed by atoms with Crippen molar-refractivity contribution in [3.8, 4) is 0 Å². The first-order valence-corrected chi connectivity index (χ1v) is 12.5. The molecule has 0 fully saturated rings. The average molecular weight is 511 g/mol. The molecule has 1 aliphatic rings. The molecule has 0 bridgehead atoms. The molecule has 8 heteroatoms. The second-order valence-electron chi connectivity index (χ2n) is 9.14. The Hall–Kier alpha value is -4.56. The standard InChI is InChI=1S/C26H15NO6.C4H11N/c1-2-10-9-17-20-14(23(28)27-24(17)29)6-3-12-11-4-7-15(25(30)31)21-16(26(32)33)8-5-13(19(11)21)18(10)22(12)20;1-3-5-4-2/h3-9H,2H2,1H3,(H,30,31)(H,32,33)(H,27,28,29);5H,3-4H2,1-2H3. The van der Waals surface area contributed by atoms with Gasteiger partial charge < -0.3 is 15.5 Å². The molecule has 6 rings (SSSR count). The Kier molecular flexibility index (Phi) is 6.20. The van der Waals surface area contributed by atoms with Gasteiger partial charge in [0.2, 0.25) is 0 Å². The molecule has 0 aliphatic carbocycles. The van der Waals surface area contributed by atoms with Crippen molar-refractivity contribution in [3.05, 3.63) is 70.3 Å². The molecule has 38 heavy (non-hydrogen) atoms. The van der Waals surface area contributed by atoms with Crippen LogP contribution in [0, 0.1) is 0 Å². The van der Waals surface area contributed by atoms with E-state index in [1.54, 1.807) is 30.3 Å². The number of aryl methyl sites for hydroxylation is 1. The fourth-order valence-electron chi connectivity index (χ4n) is 5.57. The lowest BCUT2D eigenvalue weighted by molar-refractivity contribution is 0.0695. The Balaban J connectivity index is 0.000000540. The summed E-state index contributed by atoms with van der Waals surface area (Å²) in [7, 11) is 0. The van der Waals surface area contributed by atoms with E-state index in [2.05, 4.69) is 24.5 Å². The first-order valence-electron chi connectivity index (χ1n) is 12.5. The monoisotopic (exact) mass is 510 g/mol. The van der Waals surface area contributed by atoms with Gasteiger partial charge in [0.15, 0.2) is 0 Å². The van der Waals surface area contributed by atoms with Gasteiger partial charge in [0.25, 0.3) is 11.8 Å². The number of hydrogen-bond acceptors (Lipinski definition) is 5. The second kappa shape index (κ2) is 9.39. The number of carboxylic acid groups (broad SMARTS) is 2. The summed E-state index contributed by atoms with van der Waals surface area (Å²) < 4.78 is 0. The Morgan fingerprint density at radius 3 is 1.79 bits per heavy atom. The van der Waals surface area contributed by atoms with Crippen LogP contribution in [-0.4, -0.2) is 47.1 Å². The molecule has 0 radical (unpaired) electrons. The smallest absolute Gasteiger partial charge is 0.336 e. The molecule has 0 aromatic heterocycles. The zero-order chi connectivity index (χ0) is 27.3. The molecule has 192 valence electrons. The minimum atomic E-state index is -1.21. The van der Waals surface area contributed by atoms with E-state index in [1.807, 2.05) is 6.92 Å². The number of imide groups is 1. The minimum absolute atomic E-state index is 0.0883. The molecule has 8 nitrogen and oxygen atoms in total. The topological polar surface area (TPSA) is 133 Å². The molecule has 0 atom stereocenters. The maximum atomic E-state index is 12.7. The Bertz CT molecular complexity index is 1800. The lowest BCUT2D eigenvalue weighted by Gasteiger charge is -2.23. The zero-order valence-electron chi connectivity index (χ0n) is 21.2. The summed E-state index contributed by atoms with van der Waals surface area (Å²) in [6, 6.07) is 11.4. The second-order valence-corrected chi connectivity index (χ2v) is 9.14. The fourth-order valence-corrected chi connectivity index (χ4v) is 5.57. The van der Waals surface area contributed by atoms with Gasteiger partial charge in [0, 0.05) is 21.9 Å². The van der Waals surface area contributed by atoms with E-state index in [-0.39, 0.29) is 16.5 Å². The molecule has 0 unspecified atom stereocenters. The lowest BCUT2D eigenvalue weighted by atomic mass is 9.81. The summed E-state index contributed by atoms with van der Waals surface area (Å²) >= 11 is 0. The van der Waals surface area contributed by atoms with Crippen molar-refractivity contribution in [3.63, 3.8) is 0 Å². The Morgan fingerprint density at radius 2 is 1.24 bits per heavy atom. The van der Waals surface area contributed by atoms with Crippen molar-refractivity contribution in [1.29, 1.82) is 0 Å². The highest BCUT2D eigenvalue weighted by Gasteiger charge is 2.30. The first-order chi connectivity index (χ1) is 18.2. The van der Waals surface area contributed by atoms with Gasteiger partial charge >= 0.3 is 11.9 Å². The number of carbonyl (C=O) groups excluding carboxylic acids is 2. The molecule has 0 spiro atoms. The highest BCUT2D eigenvalue weighted by molar-refractivity contribution is 6.40. The summed E-state index contributed by atoms with van der Waals surface area (Å²) in [6.07, 6.45) is 0.583. The Labute approximate surface area is 217 Å². The van der Waals surface area contributed by atoms with Crippen LogP contribution in [0.1, 0.15) is 67.8 Å². The quantitative estimate of drug-likeness (QED) is 0.145. The first kappa shape index (κ1) is 25.1. The molecule has 1 aliphatic heterocycles. The SMILES string of the molecule is CCNCC.CCc1cc2c3c(ccc4c5ccc(C(=O)O)c6c(C(=O)O)ccc(c1c34)c65)C(=O)NC2=O. The van der Waals surface area contributed by atoms with Gasteiger partial charge in [-0.2, -0.15) is 0 Å². The summed E-state index contributed by atoms with van der Waals surface area (Å²) in [5.41, 5.74) is 1.50. The number of carboxylic acids is 2. The fraction of sp³-hybridized carbons (Fsp3) is 0.200. The van der Waals surface area contributed by atoms with E-state index in [0.29, 0.717) is 39.1 Å². The normalized spacial score (nSPS) is 12.7. The van der Waals surface area contributed by atoms with Crippen LogP contribution >= 0.6 is 0 Å². The van der Waals surface area contributed by atoms with E-state index in [1.165, 1.54) is 12.1 Å². The number of amides is 2. The number of hydrogen-bond donors (Lipinski definition) is 4.